The third-order valence-corrected chi connectivity index (χ3v) is 4.61. The lowest BCUT2D eigenvalue weighted by Gasteiger charge is -2.36. The van der Waals surface area contributed by atoms with E-state index in [1.54, 1.807) is 7.11 Å². The lowest BCUT2D eigenvalue weighted by atomic mass is 9.91. The third-order valence-electron chi connectivity index (χ3n) is 4.61. The van der Waals surface area contributed by atoms with E-state index >= 15 is 0 Å². The molecule has 0 amide bonds. The van der Waals surface area contributed by atoms with Crippen LogP contribution in [0.15, 0.2) is 18.2 Å². The van der Waals surface area contributed by atoms with Crippen molar-refractivity contribution in [2.45, 2.75) is 46.2 Å². The Morgan fingerprint density at radius 3 is 2.95 bits per heavy atom. The van der Waals surface area contributed by atoms with E-state index in [1.165, 1.54) is 37.1 Å². The number of rotatable bonds is 6. The van der Waals surface area contributed by atoms with Crippen molar-refractivity contribution < 1.29 is 4.74 Å². The van der Waals surface area contributed by atoms with Crippen molar-refractivity contribution in [3.8, 4) is 5.75 Å². The van der Waals surface area contributed by atoms with E-state index in [0.717, 1.165) is 24.8 Å². The van der Waals surface area contributed by atoms with Crippen LogP contribution in [0.4, 0.5) is 0 Å². The van der Waals surface area contributed by atoms with Gasteiger partial charge in [0.25, 0.3) is 0 Å². The van der Waals surface area contributed by atoms with Gasteiger partial charge in [-0.15, -0.1) is 0 Å². The average Bonchev–Trinajstić information content (AvgIpc) is 2.48. The first-order valence-electron chi connectivity index (χ1n) is 8.23. The van der Waals surface area contributed by atoms with Crippen LogP contribution in [0, 0.1) is 12.8 Å². The van der Waals surface area contributed by atoms with Gasteiger partial charge in [-0.05, 0) is 51.8 Å². The van der Waals surface area contributed by atoms with Gasteiger partial charge in [0, 0.05) is 24.7 Å². The maximum absolute atomic E-state index is 5.52. The summed E-state index contributed by atoms with van der Waals surface area (Å²) in [5.74, 6) is 1.77. The minimum absolute atomic E-state index is 0.609. The van der Waals surface area contributed by atoms with Crippen LogP contribution in [0.2, 0.25) is 0 Å². The number of piperidine rings is 1. The number of likely N-dealkylation sites (tertiary alicyclic amines) is 1. The van der Waals surface area contributed by atoms with Gasteiger partial charge in [-0.2, -0.15) is 0 Å². The van der Waals surface area contributed by atoms with E-state index < -0.39 is 0 Å². The summed E-state index contributed by atoms with van der Waals surface area (Å²) in [5.41, 5.74) is 2.62. The molecule has 1 saturated heterocycles. The average molecular weight is 290 g/mol. The van der Waals surface area contributed by atoms with Gasteiger partial charge < -0.3 is 10.1 Å². The minimum atomic E-state index is 0.609. The lowest BCUT2D eigenvalue weighted by molar-refractivity contribution is 0.144. The molecule has 0 aromatic heterocycles. The van der Waals surface area contributed by atoms with Crippen molar-refractivity contribution in [1.82, 2.24) is 10.2 Å². The van der Waals surface area contributed by atoms with E-state index in [1.807, 2.05) is 0 Å². The quantitative estimate of drug-likeness (QED) is 0.870. The Bertz CT molecular complexity index is 447. The monoisotopic (exact) mass is 290 g/mol. The van der Waals surface area contributed by atoms with Gasteiger partial charge in [-0.3, -0.25) is 4.90 Å². The van der Waals surface area contributed by atoms with Crippen molar-refractivity contribution in [3.05, 3.63) is 29.3 Å². The van der Waals surface area contributed by atoms with Crippen LogP contribution >= 0.6 is 0 Å². The molecule has 1 aromatic carbocycles. The normalized spacial score (nSPS) is 21.2. The second kappa shape index (κ2) is 7.81. The third kappa shape index (κ3) is 4.45. The van der Waals surface area contributed by atoms with Crippen LogP contribution in [0.5, 0.6) is 5.75 Å². The lowest BCUT2D eigenvalue weighted by Crippen LogP contribution is -2.44. The number of nitrogens with one attached hydrogen (secondary N) is 1. The number of hydrogen-bond donors (Lipinski definition) is 1. The Hall–Kier alpha value is -1.06. The van der Waals surface area contributed by atoms with E-state index in [4.69, 9.17) is 4.74 Å². The molecule has 0 bridgehead atoms. The Morgan fingerprint density at radius 2 is 2.24 bits per heavy atom. The van der Waals surface area contributed by atoms with Crippen molar-refractivity contribution in [2.75, 3.05) is 26.7 Å². The summed E-state index contributed by atoms with van der Waals surface area (Å²) in [6.07, 6.45) is 2.64. The number of nitrogens with zero attached hydrogens (tertiary/aromatic N) is 1. The Balaban J connectivity index is 2.01. The van der Waals surface area contributed by atoms with Crippen LogP contribution < -0.4 is 10.1 Å². The predicted octanol–water partition coefficient (Wildman–Crippen LogP) is 3.21. The highest BCUT2D eigenvalue weighted by Crippen LogP contribution is 2.25. The Labute approximate surface area is 129 Å². The Morgan fingerprint density at radius 1 is 1.43 bits per heavy atom. The van der Waals surface area contributed by atoms with Crippen molar-refractivity contribution >= 4 is 0 Å². The second-order valence-electron chi connectivity index (χ2n) is 6.30. The molecule has 1 N–H and O–H groups in total. The molecular weight excluding hydrogens is 260 g/mol. The van der Waals surface area contributed by atoms with Crippen LogP contribution in [0.1, 0.15) is 37.8 Å². The first-order valence-corrected chi connectivity index (χ1v) is 8.23. The van der Waals surface area contributed by atoms with Gasteiger partial charge in [0.15, 0.2) is 0 Å². The molecule has 118 valence electrons. The van der Waals surface area contributed by atoms with Crippen LogP contribution in [-0.2, 0) is 6.54 Å². The van der Waals surface area contributed by atoms with Crippen LogP contribution in [0.25, 0.3) is 0 Å². The molecule has 3 nitrogen and oxygen atoms in total. The maximum atomic E-state index is 5.52. The fraction of sp³-hybridized carbons (Fsp3) is 0.667. The molecule has 2 atom stereocenters. The molecule has 0 saturated carbocycles. The van der Waals surface area contributed by atoms with Crippen molar-refractivity contribution in [2.24, 2.45) is 5.92 Å². The largest absolute Gasteiger partial charge is 0.496 e. The number of ether oxygens (including phenoxy) is 1. The van der Waals surface area contributed by atoms with Gasteiger partial charge in [0.1, 0.15) is 5.75 Å². The highest BCUT2D eigenvalue weighted by molar-refractivity contribution is 5.36. The van der Waals surface area contributed by atoms with Crippen LogP contribution in [0.3, 0.4) is 0 Å². The standard InChI is InChI=1S/C18H30N2O/c1-5-19-15(3)16-7-6-10-20(12-16)13-17-11-14(2)8-9-18(17)21-4/h8-9,11,15-16,19H,5-7,10,12-13H2,1-4H3. The van der Waals surface area contributed by atoms with Crippen molar-refractivity contribution in [3.63, 3.8) is 0 Å². The summed E-state index contributed by atoms with van der Waals surface area (Å²) >= 11 is 0. The molecule has 2 rings (SSSR count). The molecule has 1 aliphatic heterocycles. The van der Waals surface area contributed by atoms with Gasteiger partial charge in [0.2, 0.25) is 0 Å². The van der Waals surface area contributed by atoms with Gasteiger partial charge in [-0.1, -0.05) is 24.6 Å². The summed E-state index contributed by atoms with van der Waals surface area (Å²) in [6.45, 7) is 11.1. The smallest absolute Gasteiger partial charge is 0.123 e. The van der Waals surface area contributed by atoms with Crippen LogP contribution in [-0.4, -0.2) is 37.7 Å². The molecule has 0 radical (unpaired) electrons. The molecule has 0 aliphatic carbocycles. The zero-order valence-corrected chi connectivity index (χ0v) is 14.0. The molecule has 1 heterocycles. The molecule has 1 fully saturated rings. The number of methoxy groups -OCH3 is 1. The molecular formula is C18H30N2O. The number of benzene rings is 1. The molecule has 1 aromatic rings. The molecule has 1 aliphatic rings. The first-order chi connectivity index (χ1) is 10.1. The number of hydrogen-bond acceptors (Lipinski definition) is 3. The van der Waals surface area contributed by atoms with Crippen molar-refractivity contribution in [1.29, 1.82) is 0 Å². The maximum Gasteiger partial charge on any atom is 0.123 e. The second-order valence-corrected chi connectivity index (χ2v) is 6.30. The Kier molecular flexibility index (Phi) is 6.07. The van der Waals surface area contributed by atoms with Gasteiger partial charge in [-0.25, -0.2) is 0 Å². The zero-order chi connectivity index (χ0) is 15.2. The molecule has 0 spiro atoms. The fourth-order valence-corrected chi connectivity index (χ4v) is 3.40. The molecule has 3 heteroatoms. The highest BCUT2D eigenvalue weighted by atomic mass is 16.5. The summed E-state index contributed by atoms with van der Waals surface area (Å²) in [5, 5.41) is 3.58. The summed E-state index contributed by atoms with van der Waals surface area (Å²) in [7, 11) is 1.76. The molecule has 2 unspecified atom stereocenters. The summed E-state index contributed by atoms with van der Waals surface area (Å²) in [6, 6.07) is 7.08. The number of aryl methyl sites for hydroxylation is 1. The van der Waals surface area contributed by atoms with E-state index in [2.05, 4.69) is 49.2 Å². The predicted molar refractivity (Wildman–Crippen MR) is 88.9 cm³/mol. The molecule has 21 heavy (non-hydrogen) atoms. The summed E-state index contributed by atoms with van der Waals surface area (Å²) in [4.78, 5) is 2.58. The fourth-order valence-electron chi connectivity index (χ4n) is 3.40. The van der Waals surface area contributed by atoms with Gasteiger partial charge in [0.05, 0.1) is 7.11 Å². The minimum Gasteiger partial charge on any atom is -0.496 e. The van der Waals surface area contributed by atoms with E-state index in [9.17, 15) is 0 Å². The van der Waals surface area contributed by atoms with E-state index in [-0.39, 0.29) is 0 Å². The highest BCUT2D eigenvalue weighted by Gasteiger charge is 2.24. The first kappa shape index (κ1) is 16.3. The van der Waals surface area contributed by atoms with E-state index in [0.29, 0.717) is 6.04 Å². The topological polar surface area (TPSA) is 24.5 Å². The van der Waals surface area contributed by atoms with Gasteiger partial charge >= 0.3 is 0 Å². The zero-order valence-electron chi connectivity index (χ0n) is 14.0. The SMILES string of the molecule is CCNC(C)C1CCCN(Cc2cc(C)ccc2OC)C1. The summed E-state index contributed by atoms with van der Waals surface area (Å²) < 4.78 is 5.52.